The Morgan fingerprint density at radius 1 is 0.957 bits per heavy atom. The lowest BCUT2D eigenvalue weighted by Gasteiger charge is -2.42. The van der Waals surface area contributed by atoms with Gasteiger partial charge in [0, 0.05) is 74.3 Å². The van der Waals surface area contributed by atoms with Gasteiger partial charge in [0.15, 0.2) is 5.82 Å². The number of aromatic nitrogens is 3. The van der Waals surface area contributed by atoms with Crippen molar-refractivity contribution in [1.82, 2.24) is 29.2 Å². The van der Waals surface area contributed by atoms with Crippen molar-refractivity contribution in [2.75, 3.05) is 63.6 Å². The predicted octanol–water partition coefficient (Wildman–Crippen LogP) is 6.21. The average molecular weight is 643 g/mol. The lowest BCUT2D eigenvalue weighted by molar-refractivity contribution is 0.0518. The number of nitrogens with one attached hydrogen (secondary N) is 2. The van der Waals surface area contributed by atoms with Gasteiger partial charge in [-0.1, -0.05) is 26.0 Å². The summed E-state index contributed by atoms with van der Waals surface area (Å²) in [7, 11) is 4.18. The van der Waals surface area contributed by atoms with Crippen molar-refractivity contribution in [3.63, 3.8) is 0 Å². The Balaban J connectivity index is 1.20. The summed E-state index contributed by atoms with van der Waals surface area (Å²) in [5.41, 5.74) is 4.08. The fourth-order valence-corrected chi connectivity index (χ4v) is 7.26. The minimum absolute atomic E-state index is 0.0516. The van der Waals surface area contributed by atoms with Gasteiger partial charge in [-0.2, -0.15) is 4.98 Å². The van der Waals surface area contributed by atoms with Crippen molar-refractivity contribution in [3.05, 3.63) is 60.3 Å². The van der Waals surface area contributed by atoms with Crippen molar-refractivity contribution >= 4 is 51.8 Å². The second kappa shape index (κ2) is 14.3. The number of likely N-dealkylation sites (tertiary alicyclic amines) is 1. The van der Waals surface area contributed by atoms with Crippen molar-refractivity contribution in [1.29, 1.82) is 0 Å². The van der Waals surface area contributed by atoms with Crippen LogP contribution in [0.5, 0.6) is 5.75 Å². The van der Waals surface area contributed by atoms with Crippen LogP contribution < -0.4 is 15.4 Å². The first-order chi connectivity index (χ1) is 22.3. The molecule has 2 aliphatic rings. The molecule has 4 heterocycles. The Kier molecular flexibility index (Phi) is 10.0. The summed E-state index contributed by atoms with van der Waals surface area (Å²) in [5, 5.41) is 7.41. The molecule has 46 heavy (non-hydrogen) atoms. The van der Waals surface area contributed by atoms with E-state index in [9.17, 15) is 4.79 Å². The van der Waals surface area contributed by atoms with Gasteiger partial charge in [-0.15, -0.1) is 11.8 Å². The number of para-hydroxylation sites is 1. The van der Waals surface area contributed by atoms with E-state index in [1.165, 1.54) is 0 Å². The van der Waals surface area contributed by atoms with Gasteiger partial charge >= 0.3 is 0 Å². The van der Waals surface area contributed by atoms with Crippen LogP contribution in [0.3, 0.4) is 0 Å². The molecule has 2 N–H and O–H groups in total. The molecule has 0 bridgehead atoms. The first kappa shape index (κ1) is 32.2. The second-order valence-corrected chi connectivity index (χ2v) is 14.1. The smallest absolute Gasteiger partial charge is 0.253 e. The maximum atomic E-state index is 13.6. The van der Waals surface area contributed by atoms with Gasteiger partial charge < -0.3 is 29.7 Å². The maximum Gasteiger partial charge on any atom is 0.253 e. The van der Waals surface area contributed by atoms with Crippen LogP contribution in [0.2, 0.25) is 0 Å². The monoisotopic (exact) mass is 642 g/mol. The standard InChI is InChI=1S/C35H46N8O2S/c1-6-45-30-23-25(34(44)43-17-13-26(14-18-43)42-21-19-40(4)20-22-42)11-12-27(30)37-35-38-29-15-16-41(5)32(29)33(39-35)36-28-9-7-8-10-31(28)46-24(2)3/h7-12,15-16,23-24,26H,6,13-14,17-22H2,1-5H3,(H2,36,37,38,39). The molecule has 0 saturated carbocycles. The third kappa shape index (κ3) is 7.27. The molecule has 2 aliphatic heterocycles. The number of nitrogens with zero attached hydrogens (tertiary/aromatic N) is 6. The quantitative estimate of drug-likeness (QED) is 0.196. The number of amides is 1. The summed E-state index contributed by atoms with van der Waals surface area (Å²) in [6.07, 6.45) is 4.02. The van der Waals surface area contributed by atoms with Gasteiger partial charge in [0.2, 0.25) is 5.95 Å². The Morgan fingerprint density at radius 3 is 2.46 bits per heavy atom. The van der Waals surface area contributed by atoms with Crippen LogP contribution in [0.25, 0.3) is 11.0 Å². The number of carbonyl (C=O) groups is 1. The number of ether oxygens (including phenoxy) is 1. The average Bonchev–Trinajstić information content (AvgIpc) is 3.43. The van der Waals surface area contributed by atoms with E-state index < -0.39 is 0 Å². The Bertz CT molecular complexity index is 1660. The molecule has 2 fully saturated rings. The molecule has 2 aromatic carbocycles. The summed E-state index contributed by atoms with van der Waals surface area (Å²) in [6, 6.07) is 16.5. The SMILES string of the molecule is CCOc1cc(C(=O)N2CCC(N3CCN(C)CC3)CC2)ccc1Nc1nc(Nc2ccccc2SC(C)C)c2c(ccn2C)n1. The first-order valence-corrected chi connectivity index (χ1v) is 17.3. The highest BCUT2D eigenvalue weighted by Gasteiger charge is 2.29. The largest absolute Gasteiger partial charge is 0.492 e. The Labute approximate surface area is 276 Å². The minimum atomic E-state index is 0.0516. The second-order valence-electron chi connectivity index (χ2n) is 12.5. The number of fused-ring (bicyclic) bond motifs is 1. The van der Waals surface area contributed by atoms with E-state index in [1.807, 2.05) is 71.7 Å². The van der Waals surface area contributed by atoms with E-state index in [2.05, 4.69) is 59.5 Å². The lowest BCUT2D eigenvalue weighted by atomic mass is 10.0. The lowest BCUT2D eigenvalue weighted by Crippen LogP contribution is -2.52. The summed E-state index contributed by atoms with van der Waals surface area (Å²) in [6.45, 7) is 12.8. The molecule has 2 aromatic heterocycles. The number of carbonyl (C=O) groups excluding carboxylic acids is 1. The number of thioether (sulfide) groups is 1. The van der Waals surface area contributed by atoms with E-state index in [4.69, 9.17) is 14.7 Å². The number of anilines is 4. The van der Waals surface area contributed by atoms with E-state index in [-0.39, 0.29) is 5.91 Å². The zero-order valence-electron chi connectivity index (χ0n) is 27.6. The van der Waals surface area contributed by atoms with E-state index in [1.54, 1.807) is 0 Å². The first-order valence-electron chi connectivity index (χ1n) is 16.4. The summed E-state index contributed by atoms with van der Waals surface area (Å²) in [4.78, 5) is 31.5. The van der Waals surface area contributed by atoms with Crippen LogP contribution in [-0.2, 0) is 7.05 Å². The normalized spacial score (nSPS) is 16.7. The number of hydrogen-bond donors (Lipinski definition) is 2. The summed E-state index contributed by atoms with van der Waals surface area (Å²) in [5.74, 6) is 1.81. The number of benzene rings is 2. The van der Waals surface area contributed by atoms with Crippen molar-refractivity contribution < 1.29 is 9.53 Å². The fraction of sp³-hybridized carbons (Fsp3) is 0.457. The molecule has 0 spiro atoms. The van der Waals surface area contributed by atoms with Crippen LogP contribution in [0.4, 0.5) is 23.1 Å². The molecular weight excluding hydrogens is 597 g/mol. The van der Waals surface area contributed by atoms with E-state index in [0.717, 1.165) is 73.7 Å². The third-order valence-electron chi connectivity index (χ3n) is 8.80. The minimum Gasteiger partial charge on any atom is -0.492 e. The molecule has 6 rings (SSSR count). The molecule has 0 atom stereocenters. The number of piperazine rings is 1. The molecular formula is C35H46N8O2S. The number of likely N-dealkylation sites (N-methyl/N-ethyl adjacent to an activating group) is 1. The van der Waals surface area contributed by atoms with Gasteiger partial charge in [-0.25, -0.2) is 4.98 Å². The highest BCUT2D eigenvalue weighted by molar-refractivity contribution is 8.00. The van der Waals surface area contributed by atoms with E-state index >= 15 is 0 Å². The molecule has 0 radical (unpaired) electrons. The summed E-state index contributed by atoms with van der Waals surface area (Å²) >= 11 is 1.81. The highest BCUT2D eigenvalue weighted by Crippen LogP contribution is 2.35. The van der Waals surface area contributed by atoms with Gasteiger partial charge in [0.25, 0.3) is 5.91 Å². The number of piperidine rings is 1. The van der Waals surface area contributed by atoms with Crippen LogP contribution in [0.1, 0.15) is 44.0 Å². The Hall–Kier alpha value is -3.80. The molecule has 2 saturated heterocycles. The summed E-state index contributed by atoms with van der Waals surface area (Å²) < 4.78 is 8.07. The van der Waals surface area contributed by atoms with Crippen molar-refractivity contribution in [2.45, 2.75) is 49.8 Å². The van der Waals surface area contributed by atoms with E-state index in [0.29, 0.717) is 46.7 Å². The van der Waals surface area contributed by atoms with Crippen molar-refractivity contribution in [3.8, 4) is 5.75 Å². The zero-order valence-corrected chi connectivity index (χ0v) is 28.4. The van der Waals surface area contributed by atoms with Gasteiger partial charge in [0.05, 0.1) is 23.5 Å². The van der Waals surface area contributed by atoms with Gasteiger partial charge in [-0.05, 0) is 63.2 Å². The maximum absolute atomic E-state index is 13.6. The van der Waals surface area contributed by atoms with Crippen molar-refractivity contribution in [2.24, 2.45) is 7.05 Å². The number of rotatable bonds is 10. The van der Waals surface area contributed by atoms with Gasteiger partial charge in [-0.3, -0.25) is 9.69 Å². The Morgan fingerprint density at radius 2 is 1.72 bits per heavy atom. The number of aryl methyl sites for hydroxylation is 1. The predicted molar refractivity (Wildman–Crippen MR) is 188 cm³/mol. The zero-order chi connectivity index (χ0) is 32.2. The van der Waals surface area contributed by atoms with Crippen LogP contribution in [0, 0.1) is 0 Å². The number of hydrogen-bond acceptors (Lipinski definition) is 9. The fourth-order valence-electron chi connectivity index (χ4n) is 6.35. The molecule has 0 unspecified atom stereocenters. The molecule has 4 aromatic rings. The highest BCUT2D eigenvalue weighted by atomic mass is 32.2. The van der Waals surface area contributed by atoms with Crippen LogP contribution in [0.15, 0.2) is 59.6 Å². The topological polar surface area (TPSA) is 90.8 Å². The van der Waals surface area contributed by atoms with Crippen LogP contribution in [-0.4, -0.2) is 99.4 Å². The van der Waals surface area contributed by atoms with Crippen LogP contribution >= 0.6 is 11.8 Å². The van der Waals surface area contributed by atoms with Gasteiger partial charge in [0.1, 0.15) is 11.3 Å². The molecule has 1 amide bonds. The third-order valence-corrected chi connectivity index (χ3v) is 9.88. The molecule has 10 nitrogen and oxygen atoms in total. The molecule has 244 valence electrons. The molecule has 0 aliphatic carbocycles. The molecule has 11 heteroatoms.